The van der Waals surface area contributed by atoms with E-state index >= 15 is 0 Å². The lowest BCUT2D eigenvalue weighted by atomic mass is 9.94. The predicted molar refractivity (Wildman–Crippen MR) is 35.1 cm³/mol. The molecule has 0 saturated carbocycles. The van der Waals surface area contributed by atoms with Crippen molar-refractivity contribution in [2.75, 3.05) is 19.6 Å². The van der Waals surface area contributed by atoms with Crippen LogP contribution in [0.15, 0.2) is 0 Å². The second kappa shape index (κ2) is 2.85. The maximum atomic E-state index is 12.0. The van der Waals surface area contributed by atoms with Gasteiger partial charge in [0.15, 0.2) is 5.60 Å². The molecule has 4 nitrogen and oxygen atoms in total. The molecule has 0 atom stereocenters. The summed E-state index contributed by atoms with van der Waals surface area (Å²) in [6.45, 7) is -1.80. The van der Waals surface area contributed by atoms with E-state index < -0.39 is 37.4 Å². The average molecular weight is 199 g/mol. The third-order valence-electron chi connectivity index (χ3n) is 1.86. The molecule has 7 heteroatoms. The monoisotopic (exact) mass is 199 g/mol. The summed E-state index contributed by atoms with van der Waals surface area (Å²) in [6, 6.07) is 0. The lowest BCUT2D eigenvalue weighted by molar-refractivity contribution is -0.301. The van der Waals surface area contributed by atoms with Gasteiger partial charge in [-0.3, -0.25) is 9.69 Å². The molecule has 1 rings (SSSR count). The largest absolute Gasteiger partial charge is 0.480 e. The second-order valence-electron chi connectivity index (χ2n) is 3.07. The quantitative estimate of drug-likeness (QED) is 0.639. The van der Waals surface area contributed by atoms with E-state index in [-0.39, 0.29) is 0 Å². The van der Waals surface area contributed by atoms with Crippen LogP contribution in [0.3, 0.4) is 0 Å². The van der Waals surface area contributed by atoms with Crippen molar-refractivity contribution in [2.45, 2.75) is 11.8 Å². The van der Waals surface area contributed by atoms with Crippen molar-refractivity contribution in [3.63, 3.8) is 0 Å². The van der Waals surface area contributed by atoms with Gasteiger partial charge in [-0.2, -0.15) is 13.2 Å². The third-order valence-corrected chi connectivity index (χ3v) is 1.86. The number of halogens is 3. The van der Waals surface area contributed by atoms with E-state index in [4.69, 9.17) is 10.2 Å². The Balaban J connectivity index is 2.44. The molecule has 0 aliphatic carbocycles. The summed E-state index contributed by atoms with van der Waals surface area (Å²) < 4.78 is 35.9. The van der Waals surface area contributed by atoms with E-state index in [1.807, 2.05) is 0 Å². The summed E-state index contributed by atoms with van der Waals surface area (Å²) in [6.07, 6.45) is -4.68. The molecule has 1 aliphatic heterocycles. The average Bonchev–Trinajstić information content (AvgIpc) is 1.79. The molecule has 0 aromatic heterocycles. The number of likely N-dealkylation sites (tertiary alicyclic amines) is 1. The van der Waals surface area contributed by atoms with E-state index in [1.165, 1.54) is 0 Å². The predicted octanol–water partition coefficient (Wildman–Crippen LogP) is -0.320. The normalized spacial score (nSPS) is 22.5. The van der Waals surface area contributed by atoms with Crippen LogP contribution in [-0.2, 0) is 4.79 Å². The van der Waals surface area contributed by atoms with Crippen molar-refractivity contribution < 1.29 is 28.2 Å². The van der Waals surface area contributed by atoms with Crippen molar-refractivity contribution in [1.29, 1.82) is 0 Å². The zero-order valence-corrected chi connectivity index (χ0v) is 6.51. The molecule has 0 unspecified atom stereocenters. The third kappa shape index (κ3) is 1.92. The number of carboxylic acid groups (broad SMARTS) is 1. The van der Waals surface area contributed by atoms with Gasteiger partial charge in [-0.1, -0.05) is 0 Å². The van der Waals surface area contributed by atoms with Crippen molar-refractivity contribution in [3.8, 4) is 0 Å². The highest BCUT2D eigenvalue weighted by Gasteiger charge is 2.60. The van der Waals surface area contributed by atoms with Crippen LogP contribution in [-0.4, -0.2) is 52.5 Å². The molecule has 1 saturated heterocycles. The first-order valence-electron chi connectivity index (χ1n) is 3.48. The Morgan fingerprint density at radius 3 is 2.23 bits per heavy atom. The molecule has 1 fully saturated rings. The molecule has 0 aromatic rings. The molecule has 13 heavy (non-hydrogen) atoms. The second-order valence-corrected chi connectivity index (χ2v) is 3.07. The fourth-order valence-electron chi connectivity index (χ4n) is 1.18. The molecule has 0 bridgehead atoms. The number of carboxylic acids is 1. The smallest absolute Gasteiger partial charge is 0.419 e. The van der Waals surface area contributed by atoms with Gasteiger partial charge in [-0.25, -0.2) is 0 Å². The van der Waals surface area contributed by atoms with E-state index in [1.54, 1.807) is 0 Å². The fourth-order valence-corrected chi connectivity index (χ4v) is 1.18. The Morgan fingerprint density at radius 1 is 1.46 bits per heavy atom. The van der Waals surface area contributed by atoms with Gasteiger partial charge in [0.05, 0.1) is 6.54 Å². The van der Waals surface area contributed by atoms with Gasteiger partial charge in [0, 0.05) is 13.1 Å². The molecular weight excluding hydrogens is 191 g/mol. The topological polar surface area (TPSA) is 60.8 Å². The SMILES string of the molecule is O=C(O)CN1CC(O)(C(F)(F)F)C1. The van der Waals surface area contributed by atoms with Crippen LogP contribution in [0.5, 0.6) is 0 Å². The Bertz CT molecular complexity index is 222. The standard InChI is InChI=1S/C6H8F3NO3/c7-6(8,9)5(13)2-10(3-5)1-4(11)12/h13H,1-3H2,(H,11,12). The molecule has 76 valence electrons. The maximum absolute atomic E-state index is 12.0. The first-order chi connectivity index (χ1) is 5.74. The summed E-state index contributed by atoms with van der Waals surface area (Å²) in [7, 11) is 0. The van der Waals surface area contributed by atoms with Crippen molar-refractivity contribution in [3.05, 3.63) is 0 Å². The number of alkyl halides is 3. The molecule has 0 radical (unpaired) electrons. The lowest BCUT2D eigenvalue weighted by Crippen LogP contribution is -2.69. The van der Waals surface area contributed by atoms with Gasteiger partial charge >= 0.3 is 12.1 Å². The molecular formula is C6H8F3NO3. The highest BCUT2D eigenvalue weighted by Crippen LogP contribution is 2.37. The van der Waals surface area contributed by atoms with Crippen LogP contribution in [0.1, 0.15) is 0 Å². The van der Waals surface area contributed by atoms with Crippen molar-refractivity contribution >= 4 is 5.97 Å². The zero-order chi connectivity index (χ0) is 10.3. The number of carbonyl (C=O) groups is 1. The number of rotatable bonds is 2. The molecule has 2 N–H and O–H groups in total. The first kappa shape index (κ1) is 10.3. The van der Waals surface area contributed by atoms with Gasteiger partial charge in [-0.15, -0.1) is 0 Å². The molecule has 1 heterocycles. The summed E-state index contributed by atoms with van der Waals surface area (Å²) in [4.78, 5) is 11.1. The van der Waals surface area contributed by atoms with Gasteiger partial charge in [0.1, 0.15) is 0 Å². The fraction of sp³-hybridized carbons (Fsp3) is 0.833. The van der Waals surface area contributed by atoms with Crippen LogP contribution in [0, 0.1) is 0 Å². The minimum Gasteiger partial charge on any atom is -0.480 e. The summed E-state index contributed by atoms with van der Waals surface area (Å²) in [5.74, 6) is -1.20. The van der Waals surface area contributed by atoms with Crippen LogP contribution in [0.2, 0.25) is 0 Å². The van der Waals surface area contributed by atoms with Crippen LogP contribution >= 0.6 is 0 Å². The van der Waals surface area contributed by atoms with Crippen LogP contribution in [0.4, 0.5) is 13.2 Å². The Kier molecular flexibility index (Phi) is 2.25. The van der Waals surface area contributed by atoms with Crippen LogP contribution < -0.4 is 0 Å². The number of hydrogen-bond donors (Lipinski definition) is 2. The lowest BCUT2D eigenvalue weighted by Gasteiger charge is -2.46. The number of aliphatic hydroxyl groups is 1. The van der Waals surface area contributed by atoms with Gasteiger partial charge in [0.2, 0.25) is 0 Å². The minimum absolute atomic E-state index is 0.474. The highest BCUT2D eigenvalue weighted by molar-refractivity contribution is 5.69. The molecule has 0 aromatic carbocycles. The van der Waals surface area contributed by atoms with E-state index in [9.17, 15) is 18.0 Å². The Morgan fingerprint density at radius 2 is 1.92 bits per heavy atom. The Labute approximate surface area is 71.6 Å². The van der Waals surface area contributed by atoms with Crippen molar-refractivity contribution in [1.82, 2.24) is 4.90 Å². The van der Waals surface area contributed by atoms with E-state index in [2.05, 4.69) is 0 Å². The minimum atomic E-state index is -4.68. The van der Waals surface area contributed by atoms with Gasteiger partial charge < -0.3 is 10.2 Å². The number of β-amino-alcohol motifs (C(OH)–C–C–N with tert-alkyl or cyclic N) is 1. The summed E-state index contributed by atoms with van der Waals surface area (Å²) in [5.41, 5.74) is -2.72. The van der Waals surface area contributed by atoms with Crippen LogP contribution in [0.25, 0.3) is 0 Å². The summed E-state index contributed by atoms with van der Waals surface area (Å²) in [5, 5.41) is 17.1. The number of nitrogens with zero attached hydrogens (tertiary/aromatic N) is 1. The van der Waals surface area contributed by atoms with Crippen molar-refractivity contribution in [2.24, 2.45) is 0 Å². The number of hydrogen-bond acceptors (Lipinski definition) is 3. The van der Waals surface area contributed by atoms with Gasteiger partial charge in [0.25, 0.3) is 0 Å². The van der Waals surface area contributed by atoms with Gasteiger partial charge in [-0.05, 0) is 0 Å². The maximum Gasteiger partial charge on any atom is 0.419 e. The van der Waals surface area contributed by atoms with E-state index in [0.29, 0.717) is 0 Å². The Hall–Kier alpha value is -0.820. The van der Waals surface area contributed by atoms with E-state index in [0.717, 1.165) is 4.90 Å². The molecule has 1 aliphatic rings. The zero-order valence-electron chi connectivity index (χ0n) is 6.51. The first-order valence-corrected chi connectivity index (χ1v) is 3.48. The highest BCUT2D eigenvalue weighted by atomic mass is 19.4. The molecule has 0 amide bonds. The number of aliphatic carboxylic acids is 1. The molecule has 0 spiro atoms. The summed E-state index contributed by atoms with van der Waals surface area (Å²) >= 11 is 0.